The Bertz CT molecular complexity index is 733. The third-order valence-corrected chi connectivity index (χ3v) is 4.19. The largest absolute Gasteiger partial charge is 0.497 e. The van der Waals surface area contributed by atoms with Gasteiger partial charge in [0.05, 0.1) is 25.9 Å². The molecule has 0 bridgehead atoms. The van der Waals surface area contributed by atoms with E-state index < -0.39 is 0 Å². The number of hydrogen-bond acceptors (Lipinski definition) is 5. The van der Waals surface area contributed by atoms with Crippen molar-refractivity contribution in [1.82, 2.24) is 0 Å². The normalized spacial score (nSPS) is 16.2. The van der Waals surface area contributed by atoms with E-state index >= 15 is 0 Å². The smallest absolute Gasteiger partial charge is 0.259 e. The van der Waals surface area contributed by atoms with Crippen LogP contribution in [0.2, 0.25) is 0 Å². The molecular formula is C20H23NO5. The molecule has 2 aromatic carbocycles. The number of carbonyl (C=O) groups excluding carboxylic acids is 1. The van der Waals surface area contributed by atoms with E-state index in [1.807, 2.05) is 6.07 Å². The number of methoxy groups -OCH3 is 2. The molecule has 1 saturated heterocycles. The van der Waals surface area contributed by atoms with Gasteiger partial charge in [-0.25, -0.2) is 0 Å². The summed E-state index contributed by atoms with van der Waals surface area (Å²) in [6.45, 7) is 1.21. The van der Waals surface area contributed by atoms with Crippen LogP contribution in [0.1, 0.15) is 23.2 Å². The number of anilines is 1. The molecule has 1 heterocycles. The number of hydrogen-bond donors (Lipinski definition) is 1. The van der Waals surface area contributed by atoms with Gasteiger partial charge in [0.2, 0.25) is 0 Å². The topological polar surface area (TPSA) is 66.0 Å². The molecule has 6 nitrogen and oxygen atoms in total. The lowest BCUT2D eigenvalue weighted by Crippen LogP contribution is -2.19. The van der Waals surface area contributed by atoms with Crippen molar-refractivity contribution >= 4 is 11.6 Å². The van der Waals surface area contributed by atoms with E-state index in [-0.39, 0.29) is 12.0 Å². The molecule has 26 heavy (non-hydrogen) atoms. The highest BCUT2D eigenvalue weighted by Gasteiger charge is 2.18. The van der Waals surface area contributed by atoms with Gasteiger partial charge >= 0.3 is 0 Å². The minimum absolute atomic E-state index is 0.0914. The van der Waals surface area contributed by atoms with Crippen molar-refractivity contribution in [3.05, 3.63) is 48.0 Å². The summed E-state index contributed by atoms with van der Waals surface area (Å²) in [5.41, 5.74) is 1.05. The van der Waals surface area contributed by atoms with Gasteiger partial charge in [0, 0.05) is 30.5 Å². The fourth-order valence-electron chi connectivity index (χ4n) is 2.82. The molecule has 1 amide bonds. The molecule has 1 aliphatic heterocycles. The van der Waals surface area contributed by atoms with Crippen LogP contribution in [0.4, 0.5) is 5.69 Å². The maximum Gasteiger partial charge on any atom is 0.259 e. The van der Waals surface area contributed by atoms with Crippen LogP contribution in [-0.4, -0.2) is 39.4 Å². The van der Waals surface area contributed by atoms with E-state index in [2.05, 4.69) is 5.32 Å². The Kier molecular flexibility index (Phi) is 5.96. The zero-order valence-electron chi connectivity index (χ0n) is 15.0. The minimum atomic E-state index is -0.261. The van der Waals surface area contributed by atoms with Gasteiger partial charge in [-0.1, -0.05) is 12.1 Å². The van der Waals surface area contributed by atoms with Crippen LogP contribution < -0.4 is 19.5 Å². The van der Waals surface area contributed by atoms with Crippen molar-refractivity contribution in [3.63, 3.8) is 0 Å². The lowest BCUT2D eigenvalue weighted by atomic mass is 10.1. The molecule has 6 heteroatoms. The molecule has 1 atom stereocenters. The lowest BCUT2D eigenvalue weighted by Gasteiger charge is -2.15. The van der Waals surface area contributed by atoms with E-state index in [1.165, 1.54) is 0 Å². The van der Waals surface area contributed by atoms with Gasteiger partial charge in [-0.15, -0.1) is 0 Å². The lowest BCUT2D eigenvalue weighted by molar-refractivity contribution is 0.0673. The first-order valence-corrected chi connectivity index (χ1v) is 8.57. The Morgan fingerprint density at radius 3 is 2.54 bits per heavy atom. The first kappa shape index (κ1) is 18.1. The number of para-hydroxylation sites is 1. The summed E-state index contributed by atoms with van der Waals surface area (Å²) >= 11 is 0. The van der Waals surface area contributed by atoms with E-state index in [9.17, 15) is 4.79 Å². The second-order valence-corrected chi connectivity index (χ2v) is 6.00. The van der Waals surface area contributed by atoms with Gasteiger partial charge in [0.15, 0.2) is 0 Å². The number of carbonyl (C=O) groups is 1. The summed E-state index contributed by atoms with van der Waals surface area (Å²) < 4.78 is 21.9. The summed E-state index contributed by atoms with van der Waals surface area (Å²) in [6.07, 6.45) is 2.12. The molecule has 138 valence electrons. The number of rotatable bonds is 7. The molecule has 0 aromatic heterocycles. The summed E-state index contributed by atoms with van der Waals surface area (Å²) in [7, 11) is 3.13. The van der Waals surface area contributed by atoms with Gasteiger partial charge < -0.3 is 24.3 Å². The third-order valence-electron chi connectivity index (χ3n) is 4.19. The van der Waals surface area contributed by atoms with E-state index in [0.29, 0.717) is 35.1 Å². The predicted octanol–water partition coefficient (Wildman–Crippen LogP) is 3.51. The van der Waals surface area contributed by atoms with E-state index in [0.717, 1.165) is 19.4 Å². The van der Waals surface area contributed by atoms with E-state index in [1.54, 1.807) is 50.6 Å². The fraction of sp³-hybridized carbons (Fsp3) is 0.350. The van der Waals surface area contributed by atoms with Gasteiger partial charge in [0.25, 0.3) is 5.91 Å². The van der Waals surface area contributed by atoms with Crippen LogP contribution in [0.25, 0.3) is 0 Å². The van der Waals surface area contributed by atoms with Crippen LogP contribution in [0.5, 0.6) is 17.2 Å². The number of benzene rings is 2. The first-order chi connectivity index (χ1) is 12.7. The third kappa shape index (κ3) is 4.46. The van der Waals surface area contributed by atoms with Crippen LogP contribution in [0.15, 0.2) is 42.5 Å². The molecule has 0 saturated carbocycles. The Morgan fingerprint density at radius 2 is 1.88 bits per heavy atom. The fourth-order valence-corrected chi connectivity index (χ4v) is 2.82. The van der Waals surface area contributed by atoms with Crippen molar-refractivity contribution < 1.29 is 23.7 Å². The van der Waals surface area contributed by atoms with Crippen LogP contribution in [-0.2, 0) is 4.74 Å². The molecule has 0 radical (unpaired) electrons. The second-order valence-electron chi connectivity index (χ2n) is 6.00. The van der Waals surface area contributed by atoms with Crippen molar-refractivity contribution in [2.45, 2.75) is 18.9 Å². The average molecular weight is 357 g/mol. The summed E-state index contributed by atoms with van der Waals surface area (Å²) in [4.78, 5) is 12.7. The first-order valence-electron chi connectivity index (χ1n) is 8.57. The van der Waals surface area contributed by atoms with Crippen molar-refractivity contribution in [2.24, 2.45) is 0 Å². The Balaban J connectivity index is 1.73. The molecule has 2 aromatic rings. The molecule has 1 fully saturated rings. The van der Waals surface area contributed by atoms with Crippen LogP contribution in [0.3, 0.4) is 0 Å². The second kappa shape index (κ2) is 8.58. The highest BCUT2D eigenvalue weighted by molar-refractivity contribution is 6.06. The van der Waals surface area contributed by atoms with E-state index in [4.69, 9.17) is 18.9 Å². The Hall–Kier alpha value is -2.73. The molecular weight excluding hydrogens is 334 g/mol. The zero-order chi connectivity index (χ0) is 18.4. The zero-order valence-corrected chi connectivity index (χ0v) is 15.0. The van der Waals surface area contributed by atoms with Gasteiger partial charge in [-0.05, 0) is 25.0 Å². The standard InChI is InChI=1S/C20H23NO5/c1-23-16-10-14(11-17(12-16)24-2)21-20(22)18-7-3-4-8-19(18)26-13-15-6-5-9-25-15/h3-4,7-8,10-12,15H,5-6,9,13H2,1-2H3,(H,21,22)/t15-/m1/s1. The molecule has 3 rings (SSSR count). The number of nitrogens with one attached hydrogen (secondary N) is 1. The molecule has 0 aliphatic carbocycles. The van der Waals surface area contributed by atoms with Crippen molar-refractivity contribution in [2.75, 3.05) is 32.8 Å². The SMILES string of the molecule is COc1cc(NC(=O)c2ccccc2OC[C@H]2CCCO2)cc(OC)c1. The maximum atomic E-state index is 12.7. The van der Waals surface area contributed by atoms with Gasteiger partial charge in [-0.2, -0.15) is 0 Å². The molecule has 0 spiro atoms. The maximum absolute atomic E-state index is 12.7. The summed E-state index contributed by atoms with van der Waals surface area (Å²) in [5.74, 6) is 1.48. The quantitative estimate of drug-likeness (QED) is 0.821. The van der Waals surface area contributed by atoms with Gasteiger partial charge in [-0.3, -0.25) is 4.79 Å². The highest BCUT2D eigenvalue weighted by atomic mass is 16.5. The van der Waals surface area contributed by atoms with Crippen molar-refractivity contribution in [1.29, 1.82) is 0 Å². The number of ether oxygens (including phenoxy) is 4. The molecule has 0 unspecified atom stereocenters. The monoisotopic (exact) mass is 357 g/mol. The minimum Gasteiger partial charge on any atom is -0.497 e. The Morgan fingerprint density at radius 1 is 1.15 bits per heavy atom. The molecule has 1 aliphatic rings. The number of amides is 1. The molecule has 1 N–H and O–H groups in total. The van der Waals surface area contributed by atoms with Crippen LogP contribution >= 0.6 is 0 Å². The van der Waals surface area contributed by atoms with Crippen LogP contribution in [0, 0.1) is 0 Å². The van der Waals surface area contributed by atoms with Gasteiger partial charge in [0.1, 0.15) is 23.9 Å². The average Bonchev–Trinajstić information content (AvgIpc) is 3.19. The summed E-state index contributed by atoms with van der Waals surface area (Å²) in [6, 6.07) is 12.4. The summed E-state index contributed by atoms with van der Waals surface area (Å²) in [5, 5.41) is 2.87. The Labute approximate surface area is 153 Å². The van der Waals surface area contributed by atoms with Crippen molar-refractivity contribution in [3.8, 4) is 17.2 Å². The highest BCUT2D eigenvalue weighted by Crippen LogP contribution is 2.27. The predicted molar refractivity (Wildman–Crippen MR) is 98.4 cm³/mol.